The highest BCUT2D eigenvalue weighted by molar-refractivity contribution is 7.15. The second-order valence-electron chi connectivity index (χ2n) is 7.41. The molecule has 2 heterocycles. The molecule has 0 aliphatic carbocycles. The number of carbonyl (C=O) groups excluding carboxylic acids is 2. The molecule has 0 fully saturated rings. The minimum Gasteiger partial charge on any atom is -0.294 e. The number of aryl methyl sites for hydroxylation is 3. The van der Waals surface area contributed by atoms with Crippen molar-refractivity contribution >= 4 is 33.9 Å². The van der Waals surface area contributed by atoms with Crippen LogP contribution < -0.4 is 5.32 Å². The fraction of sp³-hybridized carbons (Fsp3) is 0.217. The molecule has 0 atom stereocenters. The van der Waals surface area contributed by atoms with Crippen molar-refractivity contribution in [3.63, 3.8) is 0 Å². The summed E-state index contributed by atoms with van der Waals surface area (Å²) in [6.07, 6.45) is 0.231. The quantitative estimate of drug-likeness (QED) is 0.448. The van der Waals surface area contributed by atoms with E-state index in [0.29, 0.717) is 10.5 Å². The number of Topliss-reactive ketones (excluding diaryl/α,β-unsaturated/α-hetero) is 1. The smallest absolute Gasteiger partial charge is 0.250 e. The topological polar surface area (TPSA) is 76.4 Å². The third-order valence-electron chi connectivity index (χ3n) is 4.94. The maximum atomic E-state index is 12.3. The monoisotopic (exact) mass is 418 g/mol. The number of aromatic nitrogens is 3. The molecule has 0 aliphatic heterocycles. The molecule has 4 aromatic rings. The molecule has 0 aliphatic rings. The molecular formula is C23H22N4O2S. The van der Waals surface area contributed by atoms with Gasteiger partial charge in [-0.15, -0.1) is 16.4 Å². The SMILES string of the molecule is Cc1ccc(C(=O)CCC(=O)Nc2nc3scc(-c4ccc(C)cc4C)n3n2)cc1. The summed E-state index contributed by atoms with van der Waals surface area (Å²) in [6, 6.07) is 13.6. The zero-order valence-electron chi connectivity index (χ0n) is 17.1. The molecule has 0 spiro atoms. The van der Waals surface area contributed by atoms with Gasteiger partial charge in [0.1, 0.15) is 0 Å². The van der Waals surface area contributed by atoms with E-state index >= 15 is 0 Å². The van der Waals surface area contributed by atoms with Gasteiger partial charge in [-0.3, -0.25) is 14.9 Å². The predicted molar refractivity (Wildman–Crippen MR) is 119 cm³/mol. The van der Waals surface area contributed by atoms with Gasteiger partial charge in [-0.2, -0.15) is 4.98 Å². The molecule has 2 aromatic carbocycles. The van der Waals surface area contributed by atoms with Crippen LogP contribution in [0.3, 0.4) is 0 Å². The van der Waals surface area contributed by atoms with Crippen LogP contribution in [0.2, 0.25) is 0 Å². The number of nitrogens with one attached hydrogen (secondary N) is 1. The number of anilines is 1. The highest BCUT2D eigenvalue weighted by atomic mass is 32.1. The molecule has 4 rings (SSSR count). The van der Waals surface area contributed by atoms with E-state index in [0.717, 1.165) is 22.4 Å². The Labute approximate surface area is 178 Å². The summed E-state index contributed by atoms with van der Waals surface area (Å²) in [7, 11) is 0. The molecule has 152 valence electrons. The number of hydrogen-bond acceptors (Lipinski definition) is 5. The van der Waals surface area contributed by atoms with Crippen molar-refractivity contribution in [3.8, 4) is 11.3 Å². The number of nitrogens with zero attached hydrogens (tertiary/aromatic N) is 3. The van der Waals surface area contributed by atoms with Gasteiger partial charge in [0, 0.05) is 29.3 Å². The molecule has 2 aromatic heterocycles. The molecule has 0 saturated carbocycles. The summed E-state index contributed by atoms with van der Waals surface area (Å²) in [6.45, 7) is 6.10. The van der Waals surface area contributed by atoms with Gasteiger partial charge >= 0.3 is 0 Å². The van der Waals surface area contributed by atoms with Gasteiger partial charge in [0.25, 0.3) is 0 Å². The van der Waals surface area contributed by atoms with E-state index < -0.39 is 0 Å². The number of benzene rings is 2. The molecule has 0 saturated heterocycles. The summed E-state index contributed by atoms with van der Waals surface area (Å²) in [5, 5.41) is 9.17. The Kier molecular flexibility index (Phi) is 5.46. The van der Waals surface area contributed by atoms with E-state index in [-0.39, 0.29) is 30.5 Å². The van der Waals surface area contributed by atoms with Crippen LogP contribution in [-0.4, -0.2) is 26.3 Å². The maximum absolute atomic E-state index is 12.3. The van der Waals surface area contributed by atoms with Crippen molar-refractivity contribution in [2.45, 2.75) is 33.6 Å². The minimum absolute atomic E-state index is 0.0546. The van der Waals surface area contributed by atoms with Crippen molar-refractivity contribution in [1.29, 1.82) is 0 Å². The Morgan fingerprint density at radius 1 is 1.00 bits per heavy atom. The van der Waals surface area contributed by atoms with E-state index in [1.807, 2.05) is 24.4 Å². The lowest BCUT2D eigenvalue weighted by molar-refractivity contribution is -0.116. The maximum Gasteiger partial charge on any atom is 0.250 e. The molecule has 0 radical (unpaired) electrons. The lowest BCUT2D eigenvalue weighted by Crippen LogP contribution is -2.14. The van der Waals surface area contributed by atoms with Gasteiger partial charge in [-0.25, -0.2) is 4.52 Å². The number of amides is 1. The fourth-order valence-corrected chi connectivity index (χ4v) is 4.14. The van der Waals surface area contributed by atoms with Crippen LogP contribution in [0.25, 0.3) is 16.2 Å². The molecule has 0 unspecified atom stereocenters. The molecule has 30 heavy (non-hydrogen) atoms. The van der Waals surface area contributed by atoms with Crippen LogP contribution in [-0.2, 0) is 4.79 Å². The largest absolute Gasteiger partial charge is 0.294 e. The second kappa shape index (κ2) is 8.20. The molecule has 6 nitrogen and oxygen atoms in total. The molecular weight excluding hydrogens is 396 g/mol. The Hall–Kier alpha value is -3.32. The fourth-order valence-electron chi connectivity index (χ4n) is 3.32. The van der Waals surface area contributed by atoms with Crippen molar-refractivity contribution in [2.75, 3.05) is 5.32 Å². The van der Waals surface area contributed by atoms with E-state index in [1.165, 1.54) is 16.9 Å². The number of fused-ring (bicyclic) bond motifs is 1. The van der Waals surface area contributed by atoms with Crippen molar-refractivity contribution in [2.24, 2.45) is 0 Å². The van der Waals surface area contributed by atoms with E-state index in [1.54, 1.807) is 16.6 Å². The number of carbonyl (C=O) groups is 2. The van der Waals surface area contributed by atoms with Gasteiger partial charge in [-0.1, -0.05) is 53.6 Å². The zero-order chi connectivity index (χ0) is 21.3. The predicted octanol–water partition coefficient (Wildman–Crippen LogP) is 4.98. The summed E-state index contributed by atoms with van der Waals surface area (Å²) in [5.41, 5.74) is 6.09. The summed E-state index contributed by atoms with van der Waals surface area (Å²) in [5.74, 6) is -0.0801. The summed E-state index contributed by atoms with van der Waals surface area (Å²) in [4.78, 5) is 29.7. The van der Waals surface area contributed by atoms with Crippen LogP contribution in [0, 0.1) is 20.8 Å². The van der Waals surface area contributed by atoms with E-state index in [9.17, 15) is 9.59 Å². The number of thiazole rings is 1. The van der Waals surface area contributed by atoms with Crippen LogP contribution in [0.4, 0.5) is 5.95 Å². The molecule has 1 amide bonds. The first-order valence-corrected chi connectivity index (χ1v) is 10.6. The standard InChI is InChI=1S/C23H22N4O2S/c1-14-4-7-17(8-5-14)20(28)10-11-21(29)24-22-25-23-27(26-22)19(13-30-23)18-9-6-15(2)12-16(18)3/h4-9,12-13H,10-11H2,1-3H3,(H,24,26,29). The van der Waals surface area contributed by atoms with Crippen molar-refractivity contribution in [3.05, 3.63) is 70.1 Å². The van der Waals surface area contributed by atoms with Crippen LogP contribution in [0.1, 0.15) is 39.9 Å². The van der Waals surface area contributed by atoms with Gasteiger partial charge in [0.15, 0.2) is 5.78 Å². The van der Waals surface area contributed by atoms with Crippen LogP contribution in [0.15, 0.2) is 47.8 Å². The average Bonchev–Trinajstić information content (AvgIpc) is 3.27. The Bertz CT molecular complexity index is 1240. The minimum atomic E-state index is -0.276. The first-order valence-electron chi connectivity index (χ1n) is 9.72. The number of ketones is 1. The molecule has 7 heteroatoms. The number of rotatable bonds is 6. The normalized spacial score (nSPS) is 11.0. The first-order chi connectivity index (χ1) is 14.4. The van der Waals surface area contributed by atoms with Crippen molar-refractivity contribution < 1.29 is 9.59 Å². The van der Waals surface area contributed by atoms with E-state index in [2.05, 4.69) is 47.4 Å². The van der Waals surface area contributed by atoms with Crippen LogP contribution in [0.5, 0.6) is 0 Å². The molecule has 0 bridgehead atoms. The number of hydrogen-bond donors (Lipinski definition) is 1. The van der Waals surface area contributed by atoms with Crippen LogP contribution >= 0.6 is 11.3 Å². The Morgan fingerprint density at radius 2 is 1.73 bits per heavy atom. The summed E-state index contributed by atoms with van der Waals surface area (Å²) >= 11 is 1.47. The van der Waals surface area contributed by atoms with Gasteiger partial charge in [-0.05, 0) is 26.3 Å². The van der Waals surface area contributed by atoms with E-state index in [4.69, 9.17) is 0 Å². The average molecular weight is 419 g/mol. The van der Waals surface area contributed by atoms with Gasteiger partial charge < -0.3 is 0 Å². The summed E-state index contributed by atoms with van der Waals surface area (Å²) < 4.78 is 1.75. The second-order valence-corrected chi connectivity index (χ2v) is 8.24. The third kappa shape index (κ3) is 4.16. The third-order valence-corrected chi connectivity index (χ3v) is 5.76. The first kappa shape index (κ1) is 20.0. The Balaban J connectivity index is 1.44. The Morgan fingerprint density at radius 3 is 2.47 bits per heavy atom. The highest BCUT2D eigenvalue weighted by Crippen LogP contribution is 2.28. The van der Waals surface area contributed by atoms with Crippen molar-refractivity contribution in [1.82, 2.24) is 14.6 Å². The van der Waals surface area contributed by atoms with Gasteiger partial charge in [0.2, 0.25) is 16.8 Å². The van der Waals surface area contributed by atoms with Gasteiger partial charge in [0.05, 0.1) is 5.69 Å². The highest BCUT2D eigenvalue weighted by Gasteiger charge is 2.15. The lowest BCUT2D eigenvalue weighted by atomic mass is 10.0. The molecule has 1 N–H and O–H groups in total. The lowest BCUT2D eigenvalue weighted by Gasteiger charge is -2.05. The zero-order valence-corrected chi connectivity index (χ0v) is 17.9.